The molecule has 20 heavy (non-hydrogen) atoms. The fourth-order valence-electron chi connectivity index (χ4n) is 2.79. The minimum absolute atomic E-state index is 0.548. The number of nitrogens with zero attached hydrogens (tertiary/aromatic N) is 2. The Bertz CT molecular complexity index is 424. The molecular weight excluding hydrogens is 270 g/mol. The molecular formula is C16H28ClN3. The Kier molecular flexibility index (Phi) is 5.91. The highest BCUT2D eigenvalue weighted by molar-refractivity contribution is 6.31. The number of hydrogen-bond donors (Lipinski definition) is 1. The predicted octanol–water partition coefficient (Wildman–Crippen LogP) is 3.83. The zero-order valence-electron chi connectivity index (χ0n) is 13.1. The van der Waals surface area contributed by atoms with Crippen molar-refractivity contribution >= 4 is 11.6 Å². The second kappa shape index (κ2) is 7.46. The largest absolute Gasteiger partial charge is 0.314 e. The van der Waals surface area contributed by atoms with Crippen LogP contribution in [0.5, 0.6) is 0 Å². The standard InChI is InChI=1S/C16H28ClN3/c1-4-9-18-13(10-12-7-8-12)11-15-16(17)14(5-2)19-20(15)6-3/h12-13,18H,4-11H2,1-3H3. The van der Waals surface area contributed by atoms with E-state index in [0.717, 1.165) is 42.6 Å². The van der Waals surface area contributed by atoms with Crippen LogP contribution in [0.25, 0.3) is 0 Å². The van der Waals surface area contributed by atoms with Crippen LogP contribution in [-0.4, -0.2) is 22.4 Å². The lowest BCUT2D eigenvalue weighted by atomic mass is 10.0. The van der Waals surface area contributed by atoms with E-state index in [1.54, 1.807) is 0 Å². The van der Waals surface area contributed by atoms with Crippen molar-refractivity contribution in [1.82, 2.24) is 15.1 Å². The molecule has 1 aliphatic carbocycles. The lowest BCUT2D eigenvalue weighted by Crippen LogP contribution is -2.33. The lowest BCUT2D eigenvalue weighted by Gasteiger charge is -2.19. The van der Waals surface area contributed by atoms with E-state index in [0.29, 0.717) is 6.04 Å². The van der Waals surface area contributed by atoms with E-state index in [1.165, 1.54) is 31.4 Å². The summed E-state index contributed by atoms with van der Waals surface area (Å²) in [5.74, 6) is 0.937. The third-order valence-electron chi connectivity index (χ3n) is 4.13. The molecule has 4 heteroatoms. The van der Waals surface area contributed by atoms with E-state index in [-0.39, 0.29) is 0 Å². The zero-order valence-corrected chi connectivity index (χ0v) is 13.8. The van der Waals surface area contributed by atoms with Crippen molar-refractivity contribution in [2.45, 2.75) is 71.9 Å². The molecule has 0 saturated heterocycles. The van der Waals surface area contributed by atoms with Gasteiger partial charge in [-0.1, -0.05) is 38.3 Å². The van der Waals surface area contributed by atoms with Crippen molar-refractivity contribution < 1.29 is 0 Å². The summed E-state index contributed by atoms with van der Waals surface area (Å²) < 4.78 is 2.09. The summed E-state index contributed by atoms with van der Waals surface area (Å²) in [4.78, 5) is 0. The van der Waals surface area contributed by atoms with E-state index in [2.05, 4.69) is 35.9 Å². The molecule has 1 N–H and O–H groups in total. The predicted molar refractivity (Wildman–Crippen MR) is 85.4 cm³/mol. The van der Waals surface area contributed by atoms with Crippen LogP contribution in [0.1, 0.15) is 57.8 Å². The summed E-state index contributed by atoms with van der Waals surface area (Å²) in [6.07, 6.45) is 7.20. The van der Waals surface area contributed by atoms with E-state index < -0.39 is 0 Å². The van der Waals surface area contributed by atoms with Gasteiger partial charge >= 0.3 is 0 Å². The quantitative estimate of drug-likeness (QED) is 0.751. The van der Waals surface area contributed by atoms with Gasteiger partial charge in [0.05, 0.1) is 16.4 Å². The normalized spacial score (nSPS) is 16.6. The summed E-state index contributed by atoms with van der Waals surface area (Å²) in [6, 6.07) is 0.548. The number of aromatic nitrogens is 2. The van der Waals surface area contributed by atoms with E-state index in [1.807, 2.05) is 0 Å². The maximum absolute atomic E-state index is 6.53. The minimum atomic E-state index is 0.548. The highest BCUT2D eigenvalue weighted by atomic mass is 35.5. The van der Waals surface area contributed by atoms with Gasteiger partial charge in [0.25, 0.3) is 0 Å². The molecule has 0 radical (unpaired) electrons. The zero-order chi connectivity index (χ0) is 14.5. The SMILES string of the molecule is CCCNC(Cc1c(Cl)c(CC)nn1CC)CC1CC1. The maximum Gasteiger partial charge on any atom is 0.0850 e. The molecule has 1 aromatic rings. The average molecular weight is 298 g/mol. The first-order valence-corrected chi connectivity index (χ1v) is 8.54. The summed E-state index contributed by atoms with van der Waals surface area (Å²) in [7, 11) is 0. The Morgan fingerprint density at radius 2 is 2.10 bits per heavy atom. The van der Waals surface area contributed by atoms with Crippen molar-refractivity contribution in [3.8, 4) is 0 Å². The van der Waals surface area contributed by atoms with Gasteiger partial charge in [0.1, 0.15) is 0 Å². The molecule has 0 aliphatic heterocycles. The van der Waals surface area contributed by atoms with Gasteiger partial charge in [-0.15, -0.1) is 0 Å². The van der Waals surface area contributed by atoms with E-state index in [9.17, 15) is 0 Å². The molecule has 0 spiro atoms. The van der Waals surface area contributed by atoms with Gasteiger partial charge < -0.3 is 5.32 Å². The highest BCUT2D eigenvalue weighted by Gasteiger charge is 2.27. The fourth-order valence-corrected chi connectivity index (χ4v) is 3.14. The van der Waals surface area contributed by atoms with Crippen LogP contribution in [0.2, 0.25) is 5.02 Å². The number of halogens is 1. The van der Waals surface area contributed by atoms with Crippen LogP contribution < -0.4 is 5.32 Å². The molecule has 1 aliphatic rings. The van der Waals surface area contributed by atoms with Gasteiger partial charge in [-0.3, -0.25) is 4.68 Å². The Balaban J connectivity index is 2.09. The van der Waals surface area contributed by atoms with Gasteiger partial charge in [-0.25, -0.2) is 0 Å². The van der Waals surface area contributed by atoms with E-state index in [4.69, 9.17) is 11.6 Å². The smallest absolute Gasteiger partial charge is 0.0850 e. The molecule has 3 nitrogen and oxygen atoms in total. The van der Waals surface area contributed by atoms with Crippen LogP contribution in [0.15, 0.2) is 0 Å². The second-order valence-corrected chi connectivity index (χ2v) is 6.29. The van der Waals surface area contributed by atoms with Crippen LogP contribution in [-0.2, 0) is 19.4 Å². The number of rotatable bonds is 9. The molecule has 0 bridgehead atoms. The van der Waals surface area contributed by atoms with Crippen molar-refractivity contribution in [2.24, 2.45) is 5.92 Å². The molecule has 1 unspecified atom stereocenters. The Morgan fingerprint density at radius 1 is 1.35 bits per heavy atom. The van der Waals surface area contributed by atoms with Crippen molar-refractivity contribution in [3.63, 3.8) is 0 Å². The van der Waals surface area contributed by atoms with Gasteiger partial charge in [0.15, 0.2) is 0 Å². The molecule has 1 atom stereocenters. The Hall–Kier alpha value is -0.540. The molecule has 2 rings (SSSR count). The fraction of sp³-hybridized carbons (Fsp3) is 0.812. The number of hydrogen-bond acceptors (Lipinski definition) is 2. The molecule has 1 aromatic heterocycles. The first-order valence-electron chi connectivity index (χ1n) is 8.16. The Labute approximate surface area is 128 Å². The molecule has 114 valence electrons. The first-order chi connectivity index (χ1) is 9.69. The Morgan fingerprint density at radius 3 is 2.65 bits per heavy atom. The van der Waals surface area contributed by atoms with Crippen LogP contribution in [0.4, 0.5) is 0 Å². The van der Waals surface area contributed by atoms with Crippen molar-refractivity contribution in [3.05, 3.63) is 16.4 Å². The maximum atomic E-state index is 6.53. The molecule has 1 fully saturated rings. The van der Waals surface area contributed by atoms with Gasteiger partial charge in [-0.2, -0.15) is 5.10 Å². The molecule has 1 saturated carbocycles. The lowest BCUT2D eigenvalue weighted by molar-refractivity contribution is 0.441. The molecule has 1 heterocycles. The van der Waals surface area contributed by atoms with Gasteiger partial charge in [-0.05, 0) is 38.6 Å². The van der Waals surface area contributed by atoms with Crippen molar-refractivity contribution in [1.29, 1.82) is 0 Å². The number of aryl methyl sites for hydroxylation is 2. The average Bonchev–Trinajstić information content (AvgIpc) is 3.22. The van der Waals surface area contributed by atoms with E-state index >= 15 is 0 Å². The summed E-state index contributed by atoms with van der Waals surface area (Å²) in [5, 5.41) is 9.22. The summed E-state index contributed by atoms with van der Waals surface area (Å²) in [5.41, 5.74) is 2.27. The monoisotopic (exact) mass is 297 g/mol. The first kappa shape index (κ1) is 15.8. The van der Waals surface area contributed by atoms with Gasteiger partial charge in [0, 0.05) is 19.0 Å². The van der Waals surface area contributed by atoms with Gasteiger partial charge in [0.2, 0.25) is 0 Å². The number of nitrogens with one attached hydrogen (secondary N) is 1. The summed E-state index contributed by atoms with van der Waals surface area (Å²) in [6.45, 7) is 8.48. The van der Waals surface area contributed by atoms with Crippen LogP contribution >= 0.6 is 11.6 Å². The topological polar surface area (TPSA) is 29.9 Å². The third-order valence-corrected chi connectivity index (χ3v) is 4.57. The van der Waals surface area contributed by atoms with Crippen LogP contribution in [0, 0.1) is 5.92 Å². The van der Waals surface area contributed by atoms with Crippen molar-refractivity contribution in [2.75, 3.05) is 6.54 Å². The summed E-state index contributed by atoms with van der Waals surface area (Å²) >= 11 is 6.53. The second-order valence-electron chi connectivity index (χ2n) is 5.91. The van der Waals surface area contributed by atoms with Crippen LogP contribution in [0.3, 0.4) is 0 Å². The highest BCUT2D eigenvalue weighted by Crippen LogP contribution is 2.34. The molecule has 0 amide bonds. The minimum Gasteiger partial charge on any atom is -0.314 e. The molecule has 0 aromatic carbocycles. The third kappa shape index (κ3) is 3.98.